The molecule has 3 aromatic heterocycles. The number of cyclic esters (lactones) is 1. The number of carbonyl (C=O) groups is 1. The van der Waals surface area contributed by atoms with E-state index in [0.29, 0.717) is 29.1 Å². The van der Waals surface area contributed by atoms with Crippen molar-refractivity contribution >= 4 is 16.9 Å². The van der Waals surface area contributed by atoms with Crippen molar-refractivity contribution in [3.8, 4) is 22.5 Å². The molecule has 2 aliphatic heterocycles. The van der Waals surface area contributed by atoms with Crippen molar-refractivity contribution in [2.75, 3.05) is 0 Å². The average molecular weight is 425 g/mol. The molecule has 32 heavy (non-hydrogen) atoms. The number of ether oxygens (including phenoxy) is 1. The summed E-state index contributed by atoms with van der Waals surface area (Å²) in [5, 5.41) is 11.9. The highest BCUT2D eigenvalue weighted by atomic mass is 16.6. The number of pyridine rings is 3. The van der Waals surface area contributed by atoms with E-state index >= 15 is 0 Å². The largest absolute Gasteiger partial charge is 0.458 e. The van der Waals surface area contributed by atoms with Crippen LogP contribution in [0.2, 0.25) is 0 Å². The van der Waals surface area contributed by atoms with Crippen molar-refractivity contribution < 1.29 is 14.6 Å². The number of aliphatic hydroxyl groups is 1. The Bertz CT molecular complexity index is 1490. The Kier molecular flexibility index (Phi) is 3.88. The zero-order chi connectivity index (χ0) is 22.0. The number of esters is 1. The van der Waals surface area contributed by atoms with Gasteiger partial charge in [0.15, 0.2) is 5.60 Å². The van der Waals surface area contributed by atoms with Crippen LogP contribution in [0.1, 0.15) is 30.0 Å². The highest BCUT2D eigenvalue weighted by Gasteiger charge is 2.45. The molecule has 0 amide bonds. The Hall–Kier alpha value is -3.84. The lowest BCUT2D eigenvalue weighted by Crippen LogP contribution is -2.44. The maximum atomic E-state index is 13.2. The third-order valence-electron chi connectivity index (χ3n) is 6.50. The molecule has 1 atom stereocenters. The molecule has 0 bridgehead atoms. The summed E-state index contributed by atoms with van der Waals surface area (Å²) in [5.41, 5.74) is 3.68. The van der Waals surface area contributed by atoms with Crippen LogP contribution < -0.4 is 5.56 Å². The molecule has 1 aromatic carbocycles. The standard InChI is InChI=1S/C25H19N3O4/c1-2-25(31)19-10-21-22-17(12-28(21)23(29)18(19)13-32-24(25)30)9-16-8-14(5-6-20(16)27-22)15-4-3-7-26-11-15/h3-11,31H,2,12-13H2,1H3/t25-/m0/s1. The summed E-state index contributed by atoms with van der Waals surface area (Å²) < 4.78 is 6.77. The molecule has 0 saturated heterocycles. The fourth-order valence-electron chi connectivity index (χ4n) is 4.70. The van der Waals surface area contributed by atoms with E-state index in [0.717, 1.165) is 27.6 Å². The highest BCUT2D eigenvalue weighted by Crippen LogP contribution is 2.38. The molecule has 5 heterocycles. The Morgan fingerprint density at radius 2 is 2.03 bits per heavy atom. The molecule has 7 heteroatoms. The third-order valence-corrected chi connectivity index (χ3v) is 6.50. The van der Waals surface area contributed by atoms with Crippen LogP contribution in [0.15, 0.2) is 59.7 Å². The summed E-state index contributed by atoms with van der Waals surface area (Å²) in [4.78, 5) is 34.6. The van der Waals surface area contributed by atoms with Crippen molar-refractivity contribution in [3.05, 3.63) is 81.9 Å². The van der Waals surface area contributed by atoms with Crippen LogP contribution in [0.4, 0.5) is 0 Å². The average Bonchev–Trinajstić information content (AvgIpc) is 3.18. The SMILES string of the molecule is CC[C@@]1(O)C(=O)OCc2c1cc1n(c2=O)Cc2cc3cc(-c4cccnc4)ccc3nc2-1. The zero-order valence-electron chi connectivity index (χ0n) is 17.3. The molecule has 0 unspecified atom stereocenters. The first-order chi connectivity index (χ1) is 15.5. The summed E-state index contributed by atoms with van der Waals surface area (Å²) in [7, 11) is 0. The van der Waals surface area contributed by atoms with Gasteiger partial charge in [-0.05, 0) is 42.3 Å². The van der Waals surface area contributed by atoms with E-state index in [2.05, 4.69) is 17.1 Å². The number of benzene rings is 1. The second kappa shape index (κ2) is 6.58. The van der Waals surface area contributed by atoms with Crippen LogP contribution >= 0.6 is 0 Å². The lowest BCUT2D eigenvalue weighted by molar-refractivity contribution is -0.172. The van der Waals surface area contributed by atoms with Crippen LogP contribution in [0.3, 0.4) is 0 Å². The molecule has 6 rings (SSSR count). The first kappa shape index (κ1) is 18.9. The topological polar surface area (TPSA) is 94.3 Å². The second-order valence-electron chi connectivity index (χ2n) is 8.25. The van der Waals surface area contributed by atoms with Gasteiger partial charge < -0.3 is 14.4 Å². The maximum Gasteiger partial charge on any atom is 0.343 e. The Morgan fingerprint density at radius 3 is 2.81 bits per heavy atom. The maximum absolute atomic E-state index is 13.2. The molecule has 0 saturated carbocycles. The number of nitrogens with zero attached hydrogens (tertiary/aromatic N) is 3. The Labute approximate surface area is 183 Å². The summed E-state index contributed by atoms with van der Waals surface area (Å²) in [5.74, 6) is -0.718. The van der Waals surface area contributed by atoms with Crippen molar-refractivity contribution in [2.45, 2.75) is 32.1 Å². The fourth-order valence-corrected chi connectivity index (χ4v) is 4.70. The molecule has 1 N–H and O–H groups in total. The van der Waals surface area contributed by atoms with Gasteiger partial charge in [-0.15, -0.1) is 0 Å². The van der Waals surface area contributed by atoms with Crippen molar-refractivity contribution in [1.82, 2.24) is 14.5 Å². The van der Waals surface area contributed by atoms with Gasteiger partial charge in [0, 0.05) is 34.5 Å². The van der Waals surface area contributed by atoms with E-state index in [-0.39, 0.29) is 18.6 Å². The summed E-state index contributed by atoms with van der Waals surface area (Å²) in [6.45, 7) is 1.95. The number of rotatable bonds is 2. The zero-order valence-corrected chi connectivity index (χ0v) is 17.3. The van der Waals surface area contributed by atoms with Crippen LogP contribution in [-0.4, -0.2) is 25.6 Å². The lowest BCUT2D eigenvalue weighted by Gasteiger charge is -2.31. The minimum absolute atomic E-state index is 0.122. The molecular weight excluding hydrogens is 406 g/mol. The van der Waals surface area contributed by atoms with Crippen LogP contribution in [0, 0.1) is 0 Å². The van der Waals surface area contributed by atoms with Gasteiger partial charge in [-0.3, -0.25) is 9.78 Å². The van der Waals surface area contributed by atoms with Crippen LogP contribution in [0.5, 0.6) is 0 Å². The quantitative estimate of drug-likeness (QED) is 0.437. The predicted molar refractivity (Wildman–Crippen MR) is 118 cm³/mol. The smallest absolute Gasteiger partial charge is 0.343 e. The van der Waals surface area contributed by atoms with E-state index in [4.69, 9.17) is 9.72 Å². The van der Waals surface area contributed by atoms with Gasteiger partial charge in [0.25, 0.3) is 5.56 Å². The van der Waals surface area contributed by atoms with Crippen molar-refractivity contribution in [2.24, 2.45) is 0 Å². The molecule has 0 radical (unpaired) electrons. The fraction of sp³-hybridized carbons (Fsp3) is 0.200. The Morgan fingerprint density at radius 1 is 1.16 bits per heavy atom. The normalized spacial score (nSPS) is 18.8. The van der Waals surface area contributed by atoms with Gasteiger partial charge in [0.05, 0.1) is 29.0 Å². The molecule has 0 aliphatic carbocycles. The predicted octanol–water partition coefficient (Wildman–Crippen LogP) is 3.14. The van der Waals surface area contributed by atoms with Gasteiger partial charge >= 0.3 is 5.97 Å². The van der Waals surface area contributed by atoms with Gasteiger partial charge in [-0.1, -0.05) is 19.1 Å². The molecule has 0 spiro atoms. The van der Waals surface area contributed by atoms with Crippen molar-refractivity contribution in [3.63, 3.8) is 0 Å². The number of hydrogen-bond donors (Lipinski definition) is 1. The molecule has 2 aliphatic rings. The third kappa shape index (κ3) is 2.51. The van der Waals surface area contributed by atoms with Crippen LogP contribution in [-0.2, 0) is 28.3 Å². The minimum atomic E-state index is -1.82. The molecular formula is C25H19N3O4. The van der Waals surface area contributed by atoms with Crippen LogP contribution in [0.25, 0.3) is 33.4 Å². The first-order valence-corrected chi connectivity index (χ1v) is 10.5. The van der Waals surface area contributed by atoms with Gasteiger partial charge in [-0.25, -0.2) is 9.78 Å². The van der Waals surface area contributed by atoms with E-state index < -0.39 is 11.6 Å². The Balaban J connectivity index is 1.53. The second-order valence-corrected chi connectivity index (χ2v) is 8.25. The molecule has 158 valence electrons. The van der Waals surface area contributed by atoms with E-state index in [1.807, 2.05) is 30.5 Å². The van der Waals surface area contributed by atoms with Gasteiger partial charge in [0.2, 0.25) is 0 Å². The first-order valence-electron chi connectivity index (χ1n) is 10.5. The molecule has 4 aromatic rings. The van der Waals surface area contributed by atoms with E-state index in [1.54, 1.807) is 23.8 Å². The molecule has 7 nitrogen and oxygen atoms in total. The highest BCUT2D eigenvalue weighted by molar-refractivity contribution is 5.88. The van der Waals surface area contributed by atoms with Gasteiger partial charge in [0.1, 0.15) is 6.61 Å². The molecule has 0 fully saturated rings. The number of hydrogen-bond acceptors (Lipinski definition) is 6. The van der Waals surface area contributed by atoms with E-state index in [1.165, 1.54) is 0 Å². The van der Waals surface area contributed by atoms with Gasteiger partial charge in [-0.2, -0.15) is 0 Å². The summed E-state index contributed by atoms with van der Waals surface area (Å²) in [6.07, 6.45) is 3.68. The monoisotopic (exact) mass is 425 g/mol. The summed E-state index contributed by atoms with van der Waals surface area (Å²) >= 11 is 0. The van der Waals surface area contributed by atoms with Crippen molar-refractivity contribution in [1.29, 1.82) is 0 Å². The minimum Gasteiger partial charge on any atom is -0.458 e. The summed E-state index contributed by atoms with van der Waals surface area (Å²) in [6, 6.07) is 13.7. The number of aromatic nitrogens is 3. The number of carbonyl (C=O) groups excluding carboxylic acids is 1. The lowest BCUT2D eigenvalue weighted by atomic mass is 9.86. The number of fused-ring (bicyclic) bond motifs is 5. The van der Waals surface area contributed by atoms with E-state index in [9.17, 15) is 14.7 Å².